The largest absolute Gasteiger partial charge is 0.353 e. The molecule has 0 bridgehead atoms. The number of nitrogens with two attached hydrogens (primary N) is 1. The molecular formula is C18H21N5O2. The number of rotatable bonds is 3. The molecule has 3 aromatic rings. The van der Waals surface area contributed by atoms with Gasteiger partial charge in [0.25, 0.3) is 11.8 Å². The lowest BCUT2D eigenvalue weighted by Crippen LogP contribution is -2.51. The molecule has 5 N–H and O–H groups in total. The Hall–Kier alpha value is -2.93. The lowest BCUT2D eigenvalue weighted by molar-refractivity contribution is -0.124. The van der Waals surface area contributed by atoms with E-state index >= 15 is 0 Å². The zero-order valence-corrected chi connectivity index (χ0v) is 14.4. The summed E-state index contributed by atoms with van der Waals surface area (Å²) in [5.41, 5.74) is 13.3. The highest BCUT2D eigenvalue weighted by Crippen LogP contribution is 2.27. The number of fused-ring (bicyclic) bond motifs is 3. The van der Waals surface area contributed by atoms with Gasteiger partial charge in [-0.05, 0) is 25.0 Å². The Labute approximate surface area is 145 Å². The molecule has 0 aliphatic rings. The maximum Gasteiger partial charge on any atom is 0.288 e. The van der Waals surface area contributed by atoms with E-state index in [-0.39, 0.29) is 11.6 Å². The van der Waals surface area contributed by atoms with Crippen molar-refractivity contribution in [2.75, 3.05) is 0 Å². The highest BCUT2D eigenvalue weighted by molar-refractivity contribution is 6.10. The Balaban J connectivity index is 1.87. The molecule has 1 atom stereocenters. The monoisotopic (exact) mass is 339 g/mol. The number of benzene rings is 1. The standard InChI is InChI=1S/C18H21N5O2/c1-9(2)15(19)18(25)23-22-17(24)14-8-12-11-6-4-5-7-13(11)21-16(12)10(3)20-14/h4-9,15,21H,19H2,1-3H3,(H,22,24)(H,23,25)/t15-/m0/s1. The number of para-hydroxylation sites is 1. The fourth-order valence-electron chi connectivity index (χ4n) is 2.69. The van der Waals surface area contributed by atoms with Crippen molar-refractivity contribution < 1.29 is 9.59 Å². The fourth-order valence-corrected chi connectivity index (χ4v) is 2.69. The maximum atomic E-state index is 12.4. The van der Waals surface area contributed by atoms with Gasteiger partial charge in [-0.2, -0.15) is 0 Å². The molecular weight excluding hydrogens is 318 g/mol. The van der Waals surface area contributed by atoms with E-state index in [9.17, 15) is 9.59 Å². The molecule has 0 saturated carbocycles. The summed E-state index contributed by atoms with van der Waals surface area (Å²) < 4.78 is 0. The molecule has 0 spiro atoms. The van der Waals surface area contributed by atoms with Crippen LogP contribution >= 0.6 is 0 Å². The number of aryl methyl sites for hydroxylation is 1. The molecule has 2 aromatic heterocycles. The van der Waals surface area contributed by atoms with Crippen molar-refractivity contribution in [2.24, 2.45) is 11.7 Å². The number of nitrogens with zero attached hydrogens (tertiary/aromatic N) is 1. The zero-order chi connectivity index (χ0) is 18.1. The van der Waals surface area contributed by atoms with Crippen LogP contribution < -0.4 is 16.6 Å². The van der Waals surface area contributed by atoms with Crippen LogP contribution in [-0.4, -0.2) is 27.8 Å². The molecule has 0 aliphatic heterocycles. The second-order valence-electron chi connectivity index (χ2n) is 6.40. The first-order valence-corrected chi connectivity index (χ1v) is 8.12. The molecule has 0 fully saturated rings. The van der Waals surface area contributed by atoms with Gasteiger partial charge in [-0.1, -0.05) is 32.0 Å². The fraction of sp³-hybridized carbons (Fsp3) is 0.278. The molecule has 7 heteroatoms. The van der Waals surface area contributed by atoms with Crippen LogP contribution in [0.15, 0.2) is 30.3 Å². The van der Waals surface area contributed by atoms with Gasteiger partial charge < -0.3 is 10.7 Å². The number of aromatic nitrogens is 2. The van der Waals surface area contributed by atoms with Gasteiger partial charge in [0.1, 0.15) is 5.69 Å². The number of nitrogens with one attached hydrogen (secondary N) is 3. The Kier molecular flexibility index (Phi) is 4.41. The first-order valence-electron chi connectivity index (χ1n) is 8.12. The van der Waals surface area contributed by atoms with Crippen molar-refractivity contribution in [3.63, 3.8) is 0 Å². The Bertz CT molecular complexity index is 961. The van der Waals surface area contributed by atoms with Gasteiger partial charge in [0, 0.05) is 16.3 Å². The van der Waals surface area contributed by atoms with Gasteiger partial charge in [-0.3, -0.25) is 20.4 Å². The van der Waals surface area contributed by atoms with Crippen molar-refractivity contribution in [2.45, 2.75) is 26.8 Å². The van der Waals surface area contributed by atoms with Crippen LogP contribution in [0.1, 0.15) is 30.0 Å². The number of hydrogen-bond donors (Lipinski definition) is 4. The average Bonchev–Trinajstić information content (AvgIpc) is 2.98. The first-order chi connectivity index (χ1) is 11.9. The van der Waals surface area contributed by atoms with Crippen LogP contribution in [0.25, 0.3) is 21.8 Å². The summed E-state index contributed by atoms with van der Waals surface area (Å²) in [5, 5.41) is 1.93. The Morgan fingerprint density at radius 3 is 2.60 bits per heavy atom. The van der Waals surface area contributed by atoms with Gasteiger partial charge in [-0.25, -0.2) is 4.98 Å². The summed E-state index contributed by atoms with van der Waals surface area (Å²) in [5.74, 6) is -0.951. The lowest BCUT2D eigenvalue weighted by atomic mass is 10.1. The normalized spacial score (nSPS) is 12.5. The van der Waals surface area contributed by atoms with Crippen molar-refractivity contribution >= 4 is 33.6 Å². The molecule has 0 unspecified atom stereocenters. The summed E-state index contributed by atoms with van der Waals surface area (Å²) in [6.45, 7) is 5.51. The smallest absolute Gasteiger partial charge is 0.288 e. The summed E-state index contributed by atoms with van der Waals surface area (Å²) in [6.07, 6.45) is 0. The molecule has 130 valence electrons. The van der Waals surface area contributed by atoms with Gasteiger partial charge >= 0.3 is 0 Å². The van der Waals surface area contributed by atoms with Crippen LogP contribution in [0.2, 0.25) is 0 Å². The van der Waals surface area contributed by atoms with Gasteiger partial charge in [-0.15, -0.1) is 0 Å². The number of amides is 2. The highest BCUT2D eigenvalue weighted by atomic mass is 16.2. The minimum atomic E-state index is -0.689. The van der Waals surface area contributed by atoms with Gasteiger partial charge in [0.05, 0.1) is 17.3 Å². The van der Waals surface area contributed by atoms with Crippen molar-refractivity contribution in [3.8, 4) is 0 Å². The van der Waals surface area contributed by atoms with E-state index in [0.29, 0.717) is 5.69 Å². The van der Waals surface area contributed by atoms with Crippen molar-refractivity contribution in [1.82, 2.24) is 20.8 Å². The zero-order valence-electron chi connectivity index (χ0n) is 14.4. The van der Waals surface area contributed by atoms with E-state index in [4.69, 9.17) is 5.73 Å². The van der Waals surface area contributed by atoms with E-state index in [1.54, 1.807) is 6.07 Å². The van der Waals surface area contributed by atoms with E-state index < -0.39 is 17.9 Å². The third-order valence-electron chi connectivity index (χ3n) is 4.23. The van der Waals surface area contributed by atoms with Crippen LogP contribution in [-0.2, 0) is 4.79 Å². The molecule has 1 aromatic carbocycles. The van der Waals surface area contributed by atoms with Crippen LogP contribution in [0.3, 0.4) is 0 Å². The number of H-pyrrole nitrogens is 1. The van der Waals surface area contributed by atoms with E-state index in [0.717, 1.165) is 21.8 Å². The minimum Gasteiger partial charge on any atom is -0.353 e. The van der Waals surface area contributed by atoms with Crippen LogP contribution in [0.4, 0.5) is 0 Å². The predicted octanol–water partition coefficient (Wildman–Crippen LogP) is 1.77. The van der Waals surface area contributed by atoms with Gasteiger partial charge in [0.15, 0.2) is 0 Å². The molecule has 2 amide bonds. The third-order valence-corrected chi connectivity index (χ3v) is 4.23. The number of hydrogen-bond acceptors (Lipinski definition) is 4. The molecule has 0 radical (unpaired) electrons. The van der Waals surface area contributed by atoms with Crippen molar-refractivity contribution in [3.05, 3.63) is 41.7 Å². The second kappa shape index (κ2) is 6.52. The number of hydrazine groups is 1. The quantitative estimate of drug-likeness (QED) is 0.545. The van der Waals surface area contributed by atoms with Crippen molar-refractivity contribution in [1.29, 1.82) is 0 Å². The van der Waals surface area contributed by atoms with Gasteiger partial charge in [0.2, 0.25) is 0 Å². The summed E-state index contributed by atoms with van der Waals surface area (Å²) in [7, 11) is 0. The summed E-state index contributed by atoms with van der Waals surface area (Å²) >= 11 is 0. The maximum absolute atomic E-state index is 12.4. The average molecular weight is 339 g/mol. The van der Waals surface area contributed by atoms with E-state index in [1.807, 2.05) is 45.0 Å². The molecule has 2 heterocycles. The Morgan fingerprint density at radius 1 is 1.16 bits per heavy atom. The Morgan fingerprint density at radius 2 is 1.88 bits per heavy atom. The third kappa shape index (κ3) is 3.18. The molecule has 3 rings (SSSR count). The second-order valence-corrected chi connectivity index (χ2v) is 6.40. The van der Waals surface area contributed by atoms with Crippen LogP contribution in [0, 0.1) is 12.8 Å². The molecule has 0 aliphatic carbocycles. The molecule has 7 nitrogen and oxygen atoms in total. The molecule has 0 saturated heterocycles. The number of pyridine rings is 1. The SMILES string of the molecule is Cc1nc(C(=O)NNC(=O)[C@@H](N)C(C)C)cc2c1[nH]c1ccccc12. The van der Waals surface area contributed by atoms with E-state index in [2.05, 4.69) is 20.8 Å². The predicted molar refractivity (Wildman–Crippen MR) is 96.8 cm³/mol. The first kappa shape index (κ1) is 16.9. The van der Waals surface area contributed by atoms with E-state index in [1.165, 1.54) is 0 Å². The lowest BCUT2D eigenvalue weighted by Gasteiger charge is -2.15. The summed E-state index contributed by atoms with van der Waals surface area (Å²) in [6, 6.07) is 8.87. The minimum absolute atomic E-state index is 0.0279. The van der Waals surface area contributed by atoms with Crippen LogP contribution in [0.5, 0.6) is 0 Å². The summed E-state index contributed by atoms with van der Waals surface area (Å²) in [4.78, 5) is 31.9. The topological polar surface area (TPSA) is 113 Å². The number of aromatic amines is 1. The molecule has 25 heavy (non-hydrogen) atoms. The number of carbonyl (C=O) groups excluding carboxylic acids is 2. The number of carbonyl (C=O) groups is 2. The highest BCUT2D eigenvalue weighted by Gasteiger charge is 2.19.